The second-order valence-corrected chi connectivity index (χ2v) is 5.42. The second kappa shape index (κ2) is 9.22. The molecule has 2 N–H and O–H groups in total. The molecule has 0 aromatic heterocycles. The Morgan fingerprint density at radius 1 is 0.960 bits per heavy atom. The van der Waals surface area contributed by atoms with E-state index in [1.54, 1.807) is 30.3 Å². The largest absolute Gasteiger partial charge is 0.481 e. The summed E-state index contributed by atoms with van der Waals surface area (Å²) in [5.74, 6) is -2.16. The van der Waals surface area contributed by atoms with Gasteiger partial charge < -0.3 is 15.2 Å². The van der Waals surface area contributed by atoms with Gasteiger partial charge in [0.1, 0.15) is 12.6 Å². The van der Waals surface area contributed by atoms with Crippen molar-refractivity contribution in [3.63, 3.8) is 0 Å². The number of benzene rings is 2. The van der Waals surface area contributed by atoms with Gasteiger partial charge in [0.25, 0.3) is 5.91 Å². The standard InChI is InChI=1S/C19H19NO5/c21-17(22)12-11-16(20-18(23)15-9-5-2-6-10-15)19(24)25-13-14-7-3-1-4-8-14/h1-10,16H,11-13H2,(H,20,23)(H,21,22). The highest BCUT2D eigenvalue weighted by Crippen LogP contribution is 2.07. The third-order valence-electron chi connectivity index (χ3n) is 3.50. The van der Waals surface area contributed by atoms with Crippen LogP contribution in [0.2, 0.25) is 0 Å². The van der Waals surface area contributed by atoms with Gasteiger partial charge in [-0.25, -0.2) is 4.79 Å². The lowest BCUT2D eigenvalue weighted by Gasteiger charge is -2.17. The van der Waals surface area contributed by atoms with Crippen molar-refractivity contribution in [2.24, 2.45) is 0 Å². The second-order valence-electron chi connectivity index (χ2n) is 5.42. The molecule has 0 bridgehead atoms. The zero-order valence-electron chi connectivity index (χ0n) is 13.6. The molecule has 25 heavy (non-hydrogen) atoms. The summed E-state index contributed by atoms with van der Waals surface area (Å²) in [6.07, 6.45) is -0.290. The number of carboxylic acid groups (broad SMARTS) is 1. The van der Waals surface area contributed by atoms with E-state index in [1.807, 2.05) is 30.3 Å². The molecule has 0 radical (unpaired) electrons. The minimum atomic E-state index is -1.05. The molecule has 2 aromatic rings. The summed E-state index contributed by atoms with van der Waals surface area (Å²) in [6, 6.07) is 16.5. The van der Waals surface area contributed by atoms with E-state index < -0.39 is 23.9 Å². The molecule has 0 fully saturated rings. The summed E-state index contributed by atoms with van der Waals surface area (Å²) >= 11 is 0. The summed E-state index contributed by atoms with van der Waals surface area (Å²) in [7, 11) is 0. The molecule has 1 amide bonds. The number of hydrogen-bond donors (Lipinski definition) is 2. The molecular formula is C19H19NO5. The van der Waals surface area contributed by atoms with Crippen LogP contribution in [-0.2, 0) is 20.9 Å². The molecule has 1 unspecified atom stereocenters. The summed E-state index contributed by atoms with van der Waals surface area (Å²) in [5.41, 5.74) is 1.20. The predicted octanol–water partition coefficient (Wildman–Crippen LogP) is 2.39. The van der Waals surface area contributed by atoms with Crippen molar-refractivity contribution in [1.29, 1.82) is 0 Å². The predicted molar refractivity (Wildman–Crippen MR) is 90.8 cm³/mol. The Kier molecular flexibility index (Phi) is 6.71. The highest BCUT2D eigenvalue weighted by molar-refractivity contribution is 5.96. The van der Waals surface area contributed by atoms with E-state index in [9.17, 15) is 14.4 Å². The number of carbonyl (C=O) groups excluding carboxylic acids is 2. The number of rotatable bonds is 8. The van der Waals surface area contributed by atoms with Crippen LogP contribution in [0.25, 0.3) is 0 Å². The molecule has 0 aliphatic heterocycles. The minimum Gasteiger partial charge on any atom is -0.481 e. The van der Waals surface area contributed by atoms with Crippen molar-refractivity contribution in [3.8, 4) is 0 Å². The molecule has 0 saturated carbocycles. The Labute approximate surface area is 145 Å². The maximum atomic E-state index is 12.3. The highest BCUT2D eigenvalue weighted by Gasteiger charge is 2.23. The average Bonchev–Trinajstić information content (AvgIpc) is 2.64. The summed E-state index contributed by atoms with van der Waals surface area (Å²) < 4.78 is 5.21. The molecule has 0 aliphatic carbocycles. The van der Waals surface area contributed by atoms with Crippen molar-refractivity contribution in [3.05, 3.63) is 71.8 Å². The monoisotopic (exact) mass is 341 g/mol. The number of esters is 1. The van der Waals surface area contributed by atoms with Crippen LogP contribution >= 0.6 is 0 Å². The first-order valence-electron chi connectivity index (χ1n) is 7.84. The van der Waals surface area contributed by atoms with Gasteiger partial charge in [0, 0.05) is 12.0 Å². The van der Waals surface area contributed by atoms with E-state index in [-0.39, 0.29) is 19.4 Å². The van der Waals surface area contributed by atoms with E-state index in [4.69, 9.17) is 9.84 Å². The Bertz CT molecular complexity index is 715. The van der Waals surface area contributed by atoms with Crippen LogP contribution in [0.3, 0.4) is 0 Å². The fraction of sp³-hybridized carbons (Fsp3) is 0.211. The molecule has 0 spiro atoms. The summed E-state index contributed by atoms with van der Waals surface area (Å²) in [4.78, 5) is 35.3. The lowest BCUT2D eigenvalue weighted by Crippen LogP contribution is -2.42. The molecule has 2 rings (SSSR count). The van der Waals surface area contributed by atoms with Crippen LogP contribution in [0.5, 0.6) is 0 Å². The number of amides is 1. The van der Waals surface area contributed by atoms with E-state index in [1.165, 1.54) is 0 Å². The summed E-state index contributed by atoms with van der Waals surface area (Å²) in [6.45, 7) is 0.0600. The van der Waals surface area contributed by atoms with Gasteiger partial charge in [-0.1, -0.05) is 48.5 Å². The topological polar surface area (TPSA) is 92.7 Å². The molecule has 0 heterocycles. The first kappa shape index (κ1) is 18.2. The third-order valence-corrected chi connectivity index (χ3v) is 3.50. The molecule has 2 aromatic carbocycles. The van der Waals surface area contributed by atoms with Crippen LogP contribution in [0.4, 0.5) is 0 Å². The number of aliphatic carboxylic acids is 1. The lowest BCUT2D eigenvalue weighted by atomic mass is 10.1. The maximum absolute atomic E-state index is 12.3. The van der Waals surface area contributed by atoms with Crippen molar-refractivity contribution < 1.29 is 24.2 Å². The van der Waals surface area contributed by atoms with Crippen LogP contribution in [0, 0.1) is 0 Å². The number of carbonyl (C=O) groups is 3. The summed E-state index contributed by atoms with van der Waals surface area (Å²) in [5, 5.41) is 11.4. The zero-order valence-corrected chi connectivity index (χ0v) is 13.6. The maximum Gasteiger partial charge on any atom is 0.328 e. The van der Waals surface area contributed by atoms with E-state index in [0.717, 1.165) is 5.56 Å². The van der Waals surface area contributed by atoms with Gasteiger partial charge in [0.05, 0.1) is 0 Å². The van der Waals surface area contributed by atoms with Crippen molar-refractivity contribution >= 4 is 17.8 Å². The Hall–Kier alpha value is -3.15. The van der Waals surface area contributed by atoms with Crippen LogP contribution in [0.1, 0.15) is 28.8 Å². The van der Waals surface area contributed by atoms with Gasteiger partial charge >= 0.3 is 11.9 Å². The zero-order chi connectivity index (χ0) is 18.1. The SMILES string of the molecule is O=C(O)CCC(NC(=O)c1ccccc1)C(=O)OCc1ccccc1. The van der Waals surface area contributed by atoms with Crippen molar-refractivity contribution in [2.45, 2.75) is 25.5 Å². The van der Waals surface area contributed by atoms with E-state index in [2.05, 4.69) is 5.32 Å². The Morgan fingerprint density at radius 3 is 2.16 bits per heavy atom. The molecular weight excluding hydrogens is 322 g/mol. The first-order valence-corrected chi connectivity index (χ1v) is 7.84. The van der Waals surface area contributed by atoms with Gasteiger partial charge in [0.15, 0.2) is 0 Å². The fourth-order valence-electron chi connectivity index (χ4n) is 2.18. The molecule has 6 nitrogen and oxygen atoms in total. The van der Waals surface area contributed by atoms with Gasteiger partial charge in [-0.05, 0) is 24.1 Å². The van der Waals surface area contributed by atoms with Gasteiger partial charge in [-0.15, -0.1) is 0 Å². The number of hydrogen-bond acceptors (Lipinski definition) is 4. The normalized spacial score (nSPS) is 11.4. The van der Waals surface area contributed by atoms with Gasteiger partial charge in [0.2, 0.25) is 0 Å². The minimum absolute atomic E-state index is 0.0401. The first-order chi connectivity index (χ1) is 12.1. The molecule has 1 atom stereocenters. The van der Waals surface area contributed by atoms with Crippen LogP contribution in [0.15, 0.2) is 60.7 Å². The third kappa shape index (κ3) is 6.10. The number of nitrogens with one attached hydrogen (secondary N) is 1. The number of carboxylic acids is 1. The molecule has 0 saturated heterocycles. The van der Waals surface area contributed by atoms with E-state index >= 15 is 0 Å². The Morgan fingerprint density at radius 2 is 1.56 bits per heavy atom. The Balaban J connectivity index is 1.99. The lowest BCUT2D eigenvalue weighted by molar-refractivity contribution is -0.147. The van der Waals surface area contributed by atoms with Crippen LogP contribution in [-0.4, -0.2) is 29.0 Å². The van der Waals surface area contributed by atoms with Gasteiger partial charge in [-0.2, -0.15) is 0 Å². The van der Waals surface area contributed by atoms with Gasteiger partial charge in [-0.3, -0.25) is 9.59 Å². The quantitative estimate of drug-likeness (QED) is 0.719. The molecule has 6 heteroatoms. The van der Waals surface area contributed by atoms with Crippen molar-refractivity contribution in [2.75, 3.05) is 0 Å². The fourth-order valence-corrected chi connectivity index (χ4v) is 2.18. The average molecular weight is 341 g/mol. The van der Waals surface area contributed by atoms with Crippen molar-refractivity contribution in [1.82, 2.24) is 5.32 Å². The molecule has 0 aliphatic rings. The van der Waals surface area contributed by atoms with E-state index in [0.29, 0.717) is 5.56 Å². The smallest absolute Gasteiger partial charge is 0.328 e. The van der Waals surface area contributed by atoms with Crippen LogP contribution < -0.4 is 5.32 Å². The molecule has 130 valence electrons. The number of ether oxygens (including phenoxy) is 1. The highest BCUT2D eigenvalue weighted by atomic mass is 16.5.